The van der Waals surface area contributed by atoms with Gasteiger partial charge in [0.15, 0.2) is 5.69 Å². The minimum absolute atomic E-state index is 0.0731. The lowest BCUT2D eigenvalue weighted by molar-refractivity contribution is 0.0690. The second-order valence-corrected chi connectivity index (χ2v) is 4.95. The van der Waals surface area contributed by atoms with Gasteiger partial charge in [0.1, 0.15) is 11.5 Å². The number of nitrogens with zero attached hydrogens (tertiary/aromatic N) is 2. The van der Waals surface area contributed by atoms with Crippen LogP contribution >= 0.6 is 0 Å². The van der Waals surface area contributed by atoms with Crippen LogP contribution < -0.4 is 5.32 Å². The largest absolute Gasteiger partial charge is 0.476 e. The molecule has 6 heteroatoms. The number of aryl methyl sites for hydroxylation is 1. The lowest BCUT2D eigenvalue weighted by Crippen LogP contribution is -2.12. The molecule has 2 N–H and O–H groups in total. The summed E-state index contributed by atoms with van der Waals surface area (Å²) in [6, 6.07) is 8.21. The lowest BCUT2D eigenvalue weighted by Gasteiger charge is -2.13. The Balaban J connectivity index is 1.97. The van der Waals surface area contributed by atoms with E-state index in [1.54, 1.807) is 24.4 Å². The summed E-state index contributed by atoms with van der Waals surface area (Å²) < 4.78 is 15.3. The predicted molar refractivity (Wildman–Crippen MR) is 80.6 cm³/mol. The first kappa shape index (κ1) is 14.1. The van der Waals surface area contributed by atoms with E-state index in [2.05, 4.69) is 10.3 Å². The van der Waals surface area contributed by atoms with E-state index >= 15 is 0 Å². The van der Waals surface area contributed by atoms with Crippen LogP contribution in [0.5, 0.6) is 0 Å². The molecule has 2 aromatic heterocycles. The number of imidazole rings is 1. The zero-order valence-corrected chi connectivity index (χ0v) is 11.9. The van der Waals surface area contributed by atoms with Crippen molar-refractivity contribution in [2.24, 2.45) is 0 Å². The Morgan fingerprint density at radius 1 is 1.36 bits per heavy atom. The molecule has 0 bridgehead atoms. The smallest absolute Gasteiger partial charge is 0.355 e. The molecule has 0 amide bonds. The van der Waals surface area contributed by atoms with Crippen molar-refractivity contribution >= 4 is 17.3 Å². The zero-order valence-electron chi connectivity index (χ0n) is 11.9. The van der Waals surface area contributed by atoms with Crippen LogP contribution in [0, 0.1) is 12.7 Å². The van der Waals surface area contributed by atoms with E-state index in [1.165, 1.54) is 16.7 Å². The maximum Gasteiger partial charge on any atom is 0.355 e. The number of carbonyl (C=O) groups is 1. The fraction of sp³-hybridized carbons (Fsp3) is 0.125. The third-order valence-corrected chi connectivity index (χ3v) is 3.58. The van der Waals surface area contributed by atoms with Crippen molar-refractivity contribution in [3.8, 4) is 0 Å². The minimum atomic E-state index is -1.07. The summed E-state index contributed by atoms with van der Waals surface area (Å²) in [6.07, 6.45) is 3.12. The first-order chi connectivity index (χ1) is 10.6. The van der Waals surface area contributed by atoms with Crippen LogP contribution in [0.25, 0.3) is 5.65 Å². The first-order valence-corrected chi connectivity index (χ1v) is 6.75. The van der Waals surface area contributed by atoms with Crippen LogP contribution in [0.15, 0.2) is 42.7 Å². The van der Waals surface area contributed by atoms with Gasteiger partial charge in [-0.3, -0.25) is 4.40 Å². The maximum absolute atomic E-state index is 13.8. The monoisotopic (exact) mass is 299 g/mol. The standard InChI is InChI=1S/C16H14FN3O2/c1-10-3-2-4-12(17)11(10)9-19-13-5-6-14-18-7-8-20(14)15(13)16(21)22/h2-8,19H,9H2,1H3,(H,21,22). The summed E-state index contributed by atoms with van der Waals surface area (Å²) in [6.45, 7) is 2.02. The van der Waals surface area contributed by atoms with E-state index in [4.69, 9.17) is 0 Å². The van der Waals surface area contributed by atoms with Gasteiger partial charge in [-0.05, 0) is 30.7 Å². The molecule has 0 aliphatic carbocycles. The zero-order chi connectivity index (χ0) is 15.7. The van der Waals surface area contributed by atoms with Crippen molar-refractivity contribution in [1.29, 1.82) is 0 Å². The van der Waals surface area contributed by atoms with Gasteiger partial charge < -0.3 is 10.4 Å². The molecule has 3 aromatic rings. The second kappa shape index (κ2) is 5.48. The number of benzene rings is 1. The summed E-state index contributed by atoms with van der Waals surface area (Å²) in [5, 5.41) is 12.4. The molecule has 112 valence electrons. The number of nitrogens with one attached hydrogen (secondary N) is 1. The number of halogens is 1. The van der Waals surface area contributed by atoms with Crippen LogP contribution in [0.4, 0.5) is 10.1 Å². The SMILES string of the molecule is Cc1cccc(F)c1CNc1ccc2nccn2c1C(=O)O. The van der Waals surface area contributed by atoms with Crippen LogP contribution in [0.3, 0.4) is 0 Å². The van der Waals surface area contributed by atoms with Crippen molar-refractivity contribution < 1.29 is 14.3 Å². The fourth-order valence-electron chi connectivity index (χ4n) is 2.43. The van der Waals surface area contributed by atoms with Crippen LogP contribution in [0.1, 0.15) is 21.6 Å². The quantitative estimate of drug-likeness (QED) is 0.777. The number of carboxylic acid groups (broad SMARTS) is 1. The van der Waals surface area contributed by atoms with Crippen molar-refractivity contribution in [3.63, 3.8) is 0 Å². The number of anilines is 1. The van der Waals surface area contributed by atoms with E-state index < -0.39 is 5.97 Å². The van der Waals surface area contributed by atoms with Crippen LogP contribution in [-0.2, 0) is 6.54 Å². The van der Waals surface area contributed by atoms with Crippen LogP contribution in [-0.4, -0.2) is 20.5 Å². The lowest BCUT2D eigenvalue weighted by atomic mass is 10.1. The Labute approximate surface area is 126 Å². The molecule has 0 saturated heterocycles. The highest BCUT2D eigenvalue weighted by Gasteiger charge is 2.15. The average molecular weight is 299 g/mol. The predicted octanol–water partition coefficient (Wildman–Crippen LogP) is 3.09. The molecule has 3 rings (SSSR count). The molecule has 5 nitrogen and oxygen atoms in total. The highest BCUT2D eigenvalue weighted by molar-refractivity contribution is 5.93. The maximum atomic E-state index is 13.8. The van der Waals surface area contributed by atoms with Gasteiger partial charge in [-0.25, -0.2) is 14.2 Å². The molecular formula is C16H14FN3O2. The summed E-state index contributed by atoms with van der Waals surface area (Å²) in [5.41, 5.74) is 2.37. The summed E-state index contributed by atoms with van der Waals surface area (Å²) in [4.78, 5) is 15.6. The number of rotatable bonds is 4. The molecule has 0 aliphatic rings. The number of aromatic nitrogens is 2. The van der Waals surface area contributed by atoms with E-state index in [-0.39, 0.29) is 18.1 Å². The van der Waals surface area contributed by atoms with Gasteiger partial charge in [0.05, 0.1) is 5.69 Å². The fourth-order valence-corrected chi connectivity index (χ4v) is 2.43. The second-order valence-electron chi connectivity index (χ2n) is 4.95. The molecule has 2 heterocycles. The van der Waals surface area contributed by atoms with E-state index in [0.29, 0.717) is 16.9 Å². The summed E-state index contributed by atoms with van der Waals surface area (Å²) >= 11 is 0. The summed E-state index contributed by atoms with van der Waals surface area (Å²) in [7, 11) is 0. The van der Waals surface area contributed by atoms with Crippen molar-refractivity contribution in [3.05, 3.63) is 65.4 Å². The van der Waals surface area contributed by atoms with Crippen LogP contribution in [0.2, 0.25) is 0 Å². The molecule has 0 spiro atoms. The molecule has 0 atom stereocenters. The molecule has 0 unspecified atom stereocenters. The van der Waals surface area contributed by atoms with Gasteiger partial charge in [-0.15, -0.1) is 0 Å². The number of pyridine rings is 1. The Kier molecular flexibility index (Phi) is 3.50. The molecular weight excluding hydrogens is 285 g/mol. The van der Waals surface area contributed by atoms with E-state index in [1.807, 2.05) is 13.0 Å². The first-order valence-electron chi connectivity index (χ1n) is 6.75. The normalized spacial score (nSPS) is 10.8. The Hall–Kier alpha value is -2.89. The number of hydrogen-bond acceptors (Lipinski definition) is 3. The van der Waals surface area contributed by atoms with E-state index in [9.17, 15) is 14.3 Å². The third-order valence-electron chi connectivity index (χ3n) is 3.58. The van der Waals surface area contributed by atoms with E-state index in [0.717, 1.165) is 5.56 Å². The number of carboxylic acids is 1. The Morgan fingerprint density at radius 3 is 2.91 bits per heavy atom. The molecule has 22 heavy (non-hydrogen) atoms. The number of fused-ring (bicyclic) bond motifs is 1. The minimum Gasteiger partial charge on any atom is -0.476 e. The Morgan fingerprint density at radius 2 is 2.18 bits per heavy atom. The molecule has 1 aromatic carbocycles. The molecule has 0 fully saturated rings. The Bertz CT molecular complexity index is 837. The van der Waals surface area contributed by atoms with Crippen molar-refractivity contribution in [2.45, 2.75) is 13.5 Å². The van der Waals surface area contributed by atoms with Gasteiger partial charge >= 0.3 is 5.97 Å². The van der Waals surface area contributed by atoms with Gasteiger partial charge in [-0.1, -0.05) is 12.1 Å². The molecule has 0 saturated carbocycles. The van der Waals surface area contributed by atoms with Gasteiger partial charge in [-0.2, -0.15) is 0 Å². The average Bonchev–Trinajstić information content (AvgIpc) is 2.94. The topological polar surface area (TPSA) is 66.6 Å². The van der Waals surface area contributed by atoms with Crippen molar-refractivity contribution in [2.75, 3.05) is 5.32 Å². The van der Waals surface area contributed by atoms with Gasteiger partial charge in [0.2, 0.25) is 0 Å². The van der Waals surface area contributed by atoms with Crippen molar-refractivity contribution in [1.82, 2.24) is 9.38 Å². The highest BCUT2D eigenvalue weighted by Crippen LogP contribution is 2.20. The highest BCUT2D eigenvalue weighted by atomic mass is 19.1. The summed E-state index contributed by atoms with van der Waals surface area (Å²) in [5.74, 6) is -1.38. The third kappa shape index (κ3) is 2.39. The molecule has 0 radical (unpaired) electrons. The van der Waals surface area contributed by atoms with Gasteiger partial charge in [0, 0.05) is 24.5 Å². The number of aromatic carboxylic acids is 1. The number of hydrogen-bond donors (Lipinski definition) is 2. The molecule has 0 aliphatic heterocycles. The van der Waals surface area contributed by atoms with Gasteiger partial charge in [0.25, 0.3) is 0 Å².